The van der Waals surface area contributed by atoms with E-state index in [-0.39, 0.29) is 6.04 Å². The number of hydrogen-bond acceptors (Lipinski definition) is 4. The maximum atomic E-state index is 6.07. The van der Waals surface area contributed by atoms with Gasteiger partial charge in [0, 0.05) is 37.5 Å². The molecule has 0 radical (unpaired) electrons. The highest BCUT2D eigenvalue weighted by Crippen LogP contribution is 2.33. The zero-order valence-corrected chi connectivity index (χ0v) is 11.8. The van der Waals surface area contributed by atoms with Gasteiger partial charge in [-0.25, -0.2) is 0 Å². The van der Waals surface area contributed by atoms with Gasteiger partial charge < -0.3 is 20.1 Å². The molecule has 0 aromatic heterocycles. The van der Waals surface area contributed by atoms with Crippen molar-refractivity contribution in [1.82, 2.24) is 0 Å². The van der Waals surface area contributed by atoms with Crippen LogP contribution in [0.5, 0.6) is 5.75 Å². The summed E-state index contributed by atoms with van der Waals surface area (Å²) in [4.78, 5) is 2.25. The fraction of sp³-hybridized carbons (Fsp3) is 0.571. The van der Waals surface area contributed by atoms with Gasteiger partial charge in [0.05, 0.1) is 13.7 Å². The Balaban J connectivity index is 3.12. The molecule has 18 heavy (non-hydrogen) atoms. The number of benzene rings is 1. The SMILES string of the molecule is CCN(CCOC)c1cccc(OC)c1[C@H](C)N. The molecule has 2 N–H and O–H groups in total. The number of nitrogens with two attached hydrogens (primary N) is 1. The molecular formula is C14H24N2O2. The Morgan fingerprint density at radius 1 is 1.33 bits per heavy atom. The molecule has 0 fully saturated rings. The fourth-order valence-electron chi connectivity index (χ4n) is 2.09. The van der Waals surface area contributed by atoms with Crippen molar-refractivity contribution in [2.75, 3.05) is 38.8 Å². The van der Waals surface area contributed by atoms with E-state index < -0.39 is 0 Å². The van der Waals surface area contributed by atoms with Gasteiger partial charge in [-0.05, 0) is 26.0 Å². The van der Waals surface area contributed by atoms with Crippen molar-refractivity contribution in [2.24, 2.45) is 5.73 Å². The molecule has 1 atom stereocenters. The summed E-state index contributed by atoms with van der Waals surface area (Å²) in [6.45, 7) is 6.56. The van der Waals surface area contributed by atoms with Crippen molar-refractivity contribution >= 4 is 5.69 Å². The van der Waals surface area contributed by atoms with Crippen LogP contribution in [0.2, 0.25) is 0 Å². The van der Waals surface area contributed by atoms with Crippen LogP contribution in [0.4, 0.5) is 5.69 Å². The lowest BCUT2D eigenvalue weighted by Crippen LogP contribution is -2.28. The molecule has 102 valence electrons. The van der Waals surface area contributed by atoms with Crippen LogP contribution in [0, 0.1) is 0 Å². The van der Waals surface area contributed by atoms with Crippen LogP contribution in [-0.4, -0.2) is 33.9 Å². The molecule has 0 saturated heterocycles. The van der Waals surface area contributed by atoms with E-state index in [1.807, 2.05) is 19.1 Å². The predicted octanol–water partition coefficient (Wildman–Crippen LogP) is 2.19. The second kappa shape index (κ2) is 7.24. The minimum atomic E-state index is -0.0623. The molecule has 0 saturated carbocycles. The summed E-state index contributed by atoms with van der Waals surface area (Å²) >= 11 is 0. The van der Waals surface area contributed by atoms with Gasteiger partial charge >= 0.3 is 0 Å². The molecule has 4 nitrogen and oxygen atoms in total. The van der Waals surface area contributed by atoms with Crippen molar-refractivity contribution in [1.29, 1.82) is 0 Å². The minimum absolute atomic E-state index is 0.0623. The highest BCUT2D eigenvalue weighted by Gasteiger charge is 2.16. The summed E-state index contributed by atoms with van der Waals surface area (Å²) in [6.07, 6.45) is 0. The van der Waals surface area contributed by atoms with Crippen molar-refractivity contribution in [3.63, 3.8) is 0 Å². The van der Waals surface area contributed by atoms with Gasteiger partial charge in [0.25, 0.3) is 0 Å². The van der Waals surface area contributed by atoms with E-state index in [1.54, 1.807) is 14.2 Å². The van der Waals surface area contributed by atoms with E-state index in [4.69, 9.17) is 15.2 Å². The zero-order chi connectivity index (χ0) is 13.5. The first kappa shape index (κ1) is 14.8. The molecule has 0 aliphatic carbocycles. The maximum absolute atomic E-state index is 6.07. The van der Waals surface area contributed by atoms with E-state index in [0.29, 0.717) is 6.61 Å². The van der Waals surface area contributed by atoms with Crippen LogP contribution >= 0.6 is 0 Å². The summed E-state index contributed by atoms with van der Waals surface area (Å²) in [6, 6.07) is 5.97. The molecule has 0 aliphatic rings. The van der Waals surface area contributed by atoms with Crippen LogP contribution in [0.3, 0.4) is 0 Å². The normalized spacial score (nSPS) is 12.3. The first-order valence-electron chi connectivity index (χ1n) is 6.32. The number of likely N-dealkylation sites (N-methyl/N-ethyl adjacent to an activating group) is 1. The topological polar surface area (TPSA) is 47.7 Å². The van der Waals surface area contributed by atoms with Gasteiger partial charge in [-0.3, -0.25) is 0 Å². The summed E-state index contributed by atoms with van der Waals surface area (Å²) in [5.74, 6) is 0.846. The van der Waals surface area contributed by atoms with E-state index in [0.717, 1.165) is 30.1 Å². The summed E-state index contributed by atoms with van der Waals surface area (Å²) in [5, 5.41) is 0. The largest absolute Gasteiger partial charge is 0.496 e. The van der Waals surface area contributed by atoms with Crippen molar-refractivity contribution in [2.45, 2.75) is 19.9 Å². The second-order valence-corrected chi connectivity index (χ2v) is 4.25. The predicted molar refractivity (Wildman–Crippen MR) is 75.4 cm³/mol. The molecule has 0 aliphatic heterocycles. The molecule has 0 heterocycles. The third-order valence-corrected chi connectivity index (χ3v) is 3.01. The lowest BCUT2D eigenvalue weighted by molar-refractivity contribution is 0.205. The molecule has 0 amide bonds. The third kappa shape index (κ3) is 3.37. The summed E-state index contributed by atoms with van der Waals surface area (Å²) < 4.78 is 10.6. The Hall–Kier alpha value is -1.26. The lowest BCUT2D eigenvalue weighted by Gasteiger charge is -2.27. The maximum Gasteiger partial charge on any atom is 0.125 e. The van der Waals surface area contributed by atoms with E-state index in [9.17, 15) is 0 Å². The number of hydrogen-bond donors (Lipinski definition) is 1. The van der Waals surface area contributed by atoms with Crippen LogP contribution in [0.25, 0.3) is 0 Å². The first-order chi connectivity index (χ1) is 8.65. The lowest BCUT2D eigenvalue weighted by atomic mass is 10.0. The van der Waals surface area contributed by atoms with Gasteiger partial charge in [-0.2, -0.15) is 0 Å². The van der Waals surface area contributed by atoms with Gasteiger partial charge in [-0.15, -0.1) is 0 Å². The number of rotatable bonds is 7. The quantitative estimate of drug-likeness (QED) is 0.808. The van der Waals surface area contributed by atoms with Crippen LogP contribution in [0.1, 0.15) is 25.5 Å². The smallest absolute Gasteiger partial charge is 0.125 e. The highest BCUT2D eigenvalue weighted by atomic mass is 16.5. The van der Waals surface area contributed by atoms with E-state index >= 15 is 0 Å². The molecular weight excluding hydrogens is 228 g/mol. The average Bonchev–Trinajstić information content (AvgIpc) is 2.38. The number of nitrogens with zero attached hydrogens (tertiary/aromatic N) is 1. The summed E-state index contributed by atoms with van der Waals surface area (Å²) in [7, 11) is 3.39. The molecule has 0 spiro atoms. The van der Waals surface area contributed by atoms with Gasteiger partial charge in [-0.1, -0.05) is 6.07 Å². The molecule has 1 aromatic carbocycles. The Morgan fingerprint density at radius 3 is 2.56 bits per heavy atom. The molecule has 0 bridgehead atoms. The Kier molecular flexibility index (Phi) is 5.95. The van der Waals surface area contributed by atoms with Gasteiger partial charge in [0.15, 0.2) is 0 Å². The van der Waals surface area contributed by atoms with Gasteiger partial charge in [0.1, 0.15) is 5.75 Å². The number of methoxy groups -OCH3 is 2. The zero-order valence-electron chi connectivity index (χ0n) is 11.8. The van der Waals surface area contributed by atoms with Crippen LogP contribution < -0.4 is 15.4 Å². The van der Waals surface area contributed by atoms with E-state index in [2.05, 4.69) is 17.9 Å². The number of ether oxygens (including phenoxy) is 2. The Labute approximate surface area is 110 Å². The van der Waals surface area contributed by atoms with Crippen LogP contribution in [0.15, 0.2) is 18.2 Å². The highest BCUT2D eigenvalue weighted by molar-refractivity contribution is 5.60. The Morgan fingerprint density at radius 2 is 2.06 bits per heavy atom. The fourth-order valence-corrected chi connectivity index (χ4v) is 2.09. The molecule has 1 aromatic rings. The number of anilines is 1. The van der Waals surface area contributed by atoms with E-state index in [1.165, 1.54) is 0 Å². The Bertz CT molecular complexity index is 367. The standard InChI is InChI=1S/C14H24N2O2/c1-5-16(9-10-17-3)12-7-6-8-13(18-4)14(12)11(2)15/h6-8,11H,5,9-10,15H2,1-4H3/t11-/m0/s1. The van der Waals surface area contributed by atoms with Crippen molar-refractivity contribution < 1.29 is 9.47 Å². The summed E-state index contributed by atoms with van der Waals surface area (Å²) in [5.41, 5.74) is 8.26. The van der Waals surface area contributed by atoms with Crippen LogP contribution in [-0.2, 0) is 4.74 Å². The monoisotopic (exact) mass is 252 g/mol. The molecule has 0 unspecified atom stereocenters. The minimum Gasteiger partial charge on any atom is -0.496 e. The third-order valence-electron chi connectivity index (χ3n) is 3.01. The first-order valence-corrected chi connectivity index (χ1v) is 6.32. The average molecular weight is 252 g/mol. The molecule has 4 heteroatoms. The second-order valence-electron chi connectivity index (χ2n) is 4.25. The van der Waals surface area contributed by atoms with Crippen molar-refractivity contribution in [3.05, 3.63) is 23.8 Å². The van der Waals surface area contributed by atoms with Gasteiger partial charge in [0.2, 0.25) is 0 Å². The molecule has 1 rings (SSSR count). The van der Waals surface area contributed by atoms with Crippen molar-refractivity contribution in [3.8, 4) is 5.75 Å².